The zero-order chi connectivity index (χ0) is 16.4. The first-order chi connectivity index (χ1) is 10.6. The van der Waals surface area contributed by atoms with Gasteiger partial charge in [-0.05, 0) is 6.42 Å². The number of carbonyl (C=O) groups is 2. The van der Waals surface area contributed by atoms with Crippen molar-refractivity contribution in [2.24, 2.45) is 0 Å². The van der Waals surface area contributed by atoms with Gasteiger partial charge in [0.25, 0.3) is 0 Å². The second kappa shape index (κ2) is 10.5. The van der Waals surface area contributed by atoms with Crippen molar-refractivity contribution in [2.45, 2.75) is 52.6 Å². The van der Waals surface area contributed by atoms with Gasteiger partial charge in [-0.1, -0.05) is 37.9 Å². The molecule has 1 amide bonds. The van der Waals surface area contributed by atoms with Crippen LogP contribution in [0.1, 0.15) is 61.2 Å². The number of thioether (sulfide) groups is 1. The smallest absolute Gasteiger partial charge is 0.223 e. The molecule has 1 aromatic heterocycles. The number of hydrogen-bond donors (Lipinski definition) is 2. The van der Waals surface area contributed by atoms with Gasteiger partial charge in [-0.15, -0.1) is 0 Å². The summed E-state index contributed by atoms with van der Waals surface area (Å²) in [5.41, 5.74) is 1.05. The fraction of sp³-hybridized carbons (Fsp3) is 0.625. The molecule has 6 heteroatoms. The lowest BCUT2D eigenvalue weighted by molar-refractivity contribution is -0.118. The summed E-state index contributed by atoms with van der Waals surface area (Å²) < 4.78 is 5.47. The van der Waals surface area contributed by atoms with Crippen molar-refractivity contribution < 1.29 is 19.1 Å². The lowest BCUT2D eigenvalue weighted by Gasteiger charge is -2.05. The molecule has 0 aliphatic carbocycles. The van der Waals surface area contributed by atoms with Gasteiger partial charge in [0.1, 0.15) is 5.76 Å². The summed E-state index contributed by atoms with van der Waals surface area (Å²) in [6, 6.07) is 0. The SMILES string of the molecule is CCCCCCc1occ(CO)c1C(=O)SCCNC(C)=O. The summed E-state index contributed by atoms with van der Waals surface area (Å²) in [4.78, 5) is 23.1. The van der Waals surface area contributed by atoms with Crippen LogP contribution in [0.25, 0.3) is 0 Å². The summed E-state index contributed by atoms with van der Waals surface area (Å²) in [7, 11) is 0. The monoisotopic (exact) mass is 327 g/mol. The van der Waals surface area contributed by atoms with Crippen molar-refractivity contribution in [1.29, 1.82) is 0 Å². The molecule has 0 unspecified atom stereocenters. The number of aliphatic hydroxyl groups excluding tert-OH is 1. The maximum absolute atomic E-state index is 12.3. The number of rotatable bonds is 10. The third-order valence-electron chi connectivity index (χ3n) is 3.28. The van der Waals surface area contributed by atoms with E-state index in [2.05, 4.69) is 12.2 Å². The minimum atomic E-state index is -0.203. The van der Waals surface area contributed by atoms with E-state index in [-0.39, 0.29) is 17.6 Å². The van der Waals surface area contributed by atoms with E-state index in [9.17, 15) is 14.7 Å². The number of nitrogens with one attached hydrogen (secondary N) is 1. The molecule has 0 aliphatic heterocycles. The Morgan fingerprint density at radius 3 is 2.73 bits per heavy atom. The van der Waals surface area contributed by atoms with E-state index in [1.165, 1.54) is 19.6 Å². The number of hydrogen-bond acceptors (Lipinski definition) is 5. The molecule has 1 rings (SSSR count). The van der Waals surface area contributed by atoms with Crippen LogP contribution in [-0.4, -0.2) is 28.4 Å². The minimum absolute atomic E-state index is 0.103. The first-order valence-corrected chi connectivity index (χ1v) is 8.70. The van der Waals surface area contributed by atoms with Crippen molar-refractivity contribution in [3.05, 3.63) is 23.2 Å². The normalized spacial score (nSPS) is 10.7. The van der Waals surface area contributed by atoms with E-state index in [0.717, 1.165) is 31.0 Å². The van der Waals surface area contributed by atoms with Gasteiger partial charge in [-0.2, -0.15) is 0 Å². The maximum Gasteiger partial charge on any atom is 0.223 e. The summed E-state index contributed by atoms with van der Waals surface area (Å²) in [5, 5.41) is 11.9. The number of carbonyl (C=O) groups excluding carboxylic acids is 2. The maximum atomic E-state index is 12.3. The lowest BCUT2D eigenvalue weighted by atomic mass is 10.1. The molecule has 0 fully saturated rings. The van der Waals surface area contributed by atoms with E-state index in [0.29, 0.717) is 35.6 Å². The zero-order valence-corrected chi connectivity index (χ0v) is 14.1. The van der Waals surface area contributed by atoms with E-state index < -0.39 is 0 Å². The molecule has 0 aliphatic rings. The number of amides is 1. The van der Waals surface area contributed by atoms with Crippen LogP contribution in [0.4, 0.5) is 0 Å². The van der Waals surface area contributed by atoms with Gasteiger partial charge in [0.2, 0.25) is 11.0 Å². The van der Waals surface area contributed by atoms with E-state index in [1.807, 2.05) is 0 Å². The highest BCUT2D eigenvalue weighted by Gasteiger charge is 2.20. The molecular formula is C16H25NO4S. The number of aryl methyl sites for hydroxylation is 1. The molecule has 0 radical (unpaired) electrons. The van der Waals surface area contributed by atoms with Gasteiger partial charge in [0.05, 0.1) is 18.4 Å². The summed E-state index contributed by atoms with van der Waals surface area (Å²) in [5.74, 6) is 1.06. The molecular weight excluding hydrogens is 302 g/mol. The van der Waals surface area contributed by atoms with Crippen LogP contribution in [-0.2, 0) is 17.8 Å². The second-order valence-corrected chi connectivity index (χ2v) is 6.21. The molecule has 124 valence electrons. The average Bonchev–Trinajstić information content (AvgIpc) is 2.90. The van der Waals surface area contributed by atoms with E-state index in [4.69, 9.17) is 4.42 Å². The quantitative estimate of drug-likeness (QED) is 0.646. The molecule has 0 aromatic carbocycles. The lowest BCUT2D eigenvalue weighted by Crippen LogP contribution is -2.22. The first-order valence-electron chi connectivity index (χ1n) is 7.71. The van der Waals surface area contributed by atoms with Crippen molar-refractivity contribution >= 4 is 22.8 Å². The molecule has 0 spiro atoms. The Balaban J connectivity index is 2.59. The molecule has 0 bridgehead atoms. The number of furan rings is 1. The van der Waals surface area contributed by atoms with Crippen LogP contribution in [0.3, 0.4) is 0 Å². The molecule has 5 nitrogen and oxygen atoms in total. The Morgan fingerprint density at radius 1 is 1.32 bits per heavy atom. The Hall–Kier alpha value is -1.27. The van der Waals surface area contributed by atoms with Crippen LogP contribution in [0.15, 0.2) is 10.7 Å². The van der Waals surface area contributed by atoms with Crippen LogP contribution >= 0.6 is 11.8 Å². The van der Waals surface area contributed by atoms with Gasteiger partial charge >= 0.3 is 0 Å². The van der Waals surface area contributed by atoms with Gasteiger partial charge in [-0.3, -0.25) is 9.59 Å². The van der Waals surface area contributed by atoms with Crippen molar-refractivity contribution in [3.8, 4) is 0 Å². The summed E-state index contributed by atoms with van der Waals surface area (Å²) >= 11 is 1.14. The van der Waals surface area contributed by atoms with Crippen LogP contribution in [0.5, 0.6) is 0 Å². The van der Waals surface area contributed by atoms with Crippen LogP contribution < -0.4 is 5.32 Å². The summed E-state index contributed by atoms with van der Waals surface area (Å²) in [6.07, 6.45) is 6.59. The van der Waals surface area contributed by atoms with Crippen LogP contribution in [0.2, 0.25) is 0 Å². The van der Waals surface area contributed by atoms with Gasteiger partial charge in [0.15, 0.2) is 0 Å². The number of aliphatic hydroxyl groups is 1. The molecule has 22 heavy (non-hydrogen) atoms. The number of unbranched alkanes of at least 4 members (excludes halogenated alkanes) is 3. The van der Waals surface area contributed by atoms with Gasteiger partial charge in [-0.25, -0.2) is 0 Å². The van der Waals surface area contributed by atoms with Gasteiger partial charge < -0.3 is 14.8 Å². The van der Waals surface area contributed by atoms with Crippen LogP contribution in [0, 0.1) is 0 Å². The first kappa shape index (κ1) is 18.8. The fourth-order valence-electron chi connectivity index (χ4n) is 2.14. The highest BCUT2D eigenvalue weighted by molar-refractivity contribution is 8.14. The average molecular weight is 327 g/mol. The Labute approximate surface area is 135 Å². The second-order valence-electron chi connectivity index (χ2n) is 5.15. The predicted molar refractivity (Wildman–Crippen MR) is 87.9 cm³/mol. The molecule has 1 aromatic rings. The largest absolute Gasteiger partial charge is 0.468 e. The third kappa shape index (κ3) is 6.23. The molecule has 0 saturated heterocycles. The molecule has 2 N–H and O–H groups in total. The van der Waals surface area contributed by atoms with Crippen molar-refractivity contribution in [3.63, 3.8) is 0 Å². The third-order valence-corrected chi connectivity index (χ3v) is 4.16. The topological polar surface area (TPSA) is 79.5 Å². The Morgan fingerprint density at radius 2 is 2.09 bits per heavy atom. The van der Waals surface area contributed by atoms with E-state index >= 15 is 0 Å². The zero-order valence-electron chi connectivity index (χ0n) is 13.3. The standard InChI is InChI=1S/C16H25NO4S/c1-3-4-5-6-7-14-15(13(10-18)11-21-14)16(20)22-9-8-17-12(2)19/h11,18H,3-10H2,1-2H3,(H,17,19). The Bertz CT molecular complexity index is 484. The highest BCUT2D eigenvalue weighted by Crippen LogP contribution is 2.25. The van der Waals surface area contributed by atoms with Crippen molar-refractivity contribution in [2.75, 3.05) is 12.3 Å². The Kier molecular flexibility index (Phi) is 8.92. The minimum Gasteiger partial charge on any atom is -0.468 e. The molecule has 0 atom stereocenters. The predicted octanol–water partition coefficient (Wildman–Crippen LogP) is 2.90. The van der Waals surface area contributed by atoms with Crippen molar-refractivity contribution in [1.82, 2.24) is 5.32 Å². The highest BCUT2D eigenvalue weighted by atomic mass is 32.2. The molecule has 1 heterocycles. The fourth-order valence-corrected chi connectivity index (χ4v) is 2.92. The van der Waals surface area contributed by atoms with Gasteiger partial charge in [0, 0.05) is 31.2 Å². The summed E-state index contributed by atoms with van der Waals surface area (Å²) in [6.45, 7) is 3.84. The molecule has 0 saturated carbocycles. The van der Waals surface area contributed by atoms with E-state index in [1.54, 1.807) is 0 Å².